The largest absolute Gasteiger partial charge is 0.492 e. The molecule has 0 saturated carbocycles. The predicted octanol–water partition coefficient (Wildman–Crippen LogP) is 7.67. The molecule has 3 aromatic carbocycles. The first-order valence-corrected chi connectivity index (χ1v) is 14.8. The lowest BCUT2D eigenvalue weighted by atomic mass is 9.76. The van der Waals surface area contributed by atoms with E-state index in [-0.39, 0.29) is 19.1 Å². The Morgan fingerprint density at radius 2 is 1.41 bits per heavy atom. The fourth-order valence-electron chi connectivity index (χ4n) is 5.93. The van der Waals surface area contributed by atoms with Crippen LogP contribution >= 0.6 is 0 Å². The Hall–Kier alpha value is -3.35. The summed E-state index contributed by atoms with van der Waals surface area (Å²) in [6.07, 6.45) is 3.53. The van der Waals surface area contributed by atoms with Gasteiger partial charge in [-0.05, 0) is 91.9 Å². The van der Waals surface area contributed by atoms with Gasteiger partial charge in [0.2, 0.25) is 0 Å². The number of ether oxygens (including phenoxy) is 1. The van der Waals surface area contributed by atoms with Crippen molar-refractivity contribution in [1.82, 2.24) is 5.32 Å². The molecule has 1 fully saturated rings. The molecule has 0 aromatic heterocycles. The van der Waals surface area contributed by atoms with Crippen molar-refractivity contribution < 1.29 is 18.8 Å². The first-order chi connectivity index (χ1) is 19.5. The molecular weight excluding hydrogens is 509 g/mol. The van der Waals surface area contributed by atoms with Gasteiger partial charge in [0.25, 0.3) is 0 Å². The van der Waals surface area contributed by atoms with Crippen LogP contribution in [-0.2, 0) is 26.9 Å². The molecule has 1 aliphatic heterocycles. The monoisotopic (exact) mass is 551 g/mol. The molecule has 3 aromatic rings. The summed E-state index contributed by atoms with van der Waals surface area (Å²) in [6.45, 7) is 15.2. The van der Waals surface area contributed by atoms with Crippen LogP contribution in [0.3, 0.4) is 0 Å². The van der Waals surface area contributed by atoms with E-state index in [1.165, 1.54) is 44.5 Å². The van der Waals surface area contributed by atoms with E-state index in [4.69, 9.17) is 14.0 Å². The number of nitrogens with one attached hydrogen (secondary N) is 1. The average molecular weight is 552 g/mol. The highest BCUT2D eigenvalue weighted by atomic mass is 16.7. The van der Waals surface area contributed by atoms with E-state index in [0.29, 0.717) is 0 Å². The van der Waals surface area contributed by atoms with E-state index >= 15 is 0 Å². The van der Waals surface area contributed by atoms with Crippen LogP contribution in [0.2, 0.25) is 0 Å². The maximum absolute atomic E-state index is 13.1. The summed E-state index contributed by atoms with van der Waals surface area (Å²) in [5.41, 5.74) is 9.67. The minimum absolute atomic E-state index is 0.0121. The van der Waals surface area contributed by atoms with E-state index in [1.54, 1.807) is 0 Å². The molecular formula is C35H42BNO4. The van der Waals surface area contributed by atoms with Gasteiger partial charge in [-0.3, -0.25) is 0 Å². The van der Waals surface area contributed by atoms with Crippen LogP contribution in [0, 0.1) is 6.92 Å². The molecule has 5 nitrogen and oxygen atoms in total. The van der Waals surface area contributed by atoms with E-state index in [2.05, 4.69) is 80.7 Å². The molecule has 214 valence electrons. The van der Waals surface area contributed by atoms with Gasteiger partial charge in [0, 0.05) is 12.5 Å². The molecule has 0 spiro atoms. The quantitative estimate of drug-likeness (QED) is 0.292. The molecule has 1 heterocycles. The van der Waals surface area contributed by atoms with E-state index in [9.17, 15) is 4.79 Å². The van der Waals surface area contributed by atoms with Gasteiger partial charge in [-0.15, -0.1) is 0 Å². The fraction of sp³-hybridized carbons (Fsp3) is 0.400. The first-order valence-electron chi connectivity index (χ1n) is 14.8. The Balaban J connectivity index is 1.36. The third-order valence-corrected chi connectivity index (χ3v) is 8.92. The van der Waals surface area contributed by atoms with Crippen LogP contribution in [-0.4, -0.2) is 37.6 Å². The van der Waals surface area contributed by atoms with Crippen LogP contribution in [0.4, 0.5) is 4.79 Å². The molecule has 6 heteroatoms. The van der Waals surface area contributed by atoms with Gasteiger partial charge >= 0.3 is 13.2 Å². The molecule has 0 bridgehead atoms. The number of hydrogen-bond donors (Lipinski definition) is 1. The zero-order chi connectivity index (χ0) is 29.4. The number of aryl methyl sites for hydroxylation is 3. The van der Waals surface area contributed by atoms with Crippen molar-refractivity contribution in [2.75, 3.05) is 13.2 Å². The summed E-state index contributed by atoms with van der Waals surface area (Å²) in [4.78, 5) is 13.1. The third kappa shape index (κ3) is 5.73. The van der Waals surface area contributed by atoms with Crippen LogP contribution in [0.25, 0.3) is 17.2 Å². The van der Waals surface area contributed by atoms with Crippen molar-refractivity contribution >= 4 is 19.3 Å². The second-order valence-corrected chi connectivity index (χ2v) is 12.2. The normalized spacial score (nSPS) is 17.3. The summed E-state index contributed by atoms with van der Waals surface area (Å²) in [5, 5.41) is 3.00. The number of rotatable bonds is 8. The lowest BCUT2D eigenvalue weighted by molar-refractivity contribution is 0.00578. The summed E-state index contributed by atoms with van der Waals surface area (Å²) in [5.74, 6) is 0.0121. The molecule has 1 aliphatic carbocycles. The van der Waals surface area contributed by atoms with Crippen LogP contribution < -0.4 is 5.32 Å². The highest BCUT2D eigenvalue weighted by Crippen LogP contribution is 2.44. The first kappa shape index (κ1) is 29.2. The van der Waals surface area contributed by atoms with Gasteiger partial charge in [0.15, 0.2) is 0 Å². The number of alkyl carbamates (subject to hydrolysis) is 1. The van der Waals surface area contributed by atoms with E-state index < -0.39 is 24.4 Å². The summed E-state index contributed by atoms with van der Waals surface area (Å²) in [6, 6.07) is 21.2. The van der Waals surface area contributed by atoms with Gasteiger partial charge in [-0.25, -0.2) is 4.79 Å². The third-order valence-electron chi connectivity index (χ3n) is 8.92. The number of benzene rings is 3. The Morgan fingerprint density at radius 1 is 0.902 bits per heavy atom. The molecule has 1 saturated heterocycles. The van der Waals surface area contributed by atoms with Crippen molar-refractivity contribution in [3.63, 3.8) is 0 Å². The molecule has 5 rings (SSSR count). The second-order valence-electron chi connectivity index (χ2n) is 12.2. The Bertz CT molecular complexity index is 1390. The maximum Gasteiger partial charge on any atom is 0.492 e. The molecule has 0 atom stereocenters. The summed E-state index contributed by atoms with van der Waals surface area (Å²) >= 11 is 0. The zero-order valence-electron chi connectivity index (χ0n) is 25.5. The Labute approximate surface area is 245 Å². The minimum atomic E-state index is -0.579. The van der Waals surface area contributed by atoms with Crippen molar-refractivity contribution in [3.8, 4) is 11.1 Å². The SMILES string of the molecule is CCc1cc(C)cc(CC)c1C=C(CNC(=O)OCC1c2ccccc2-c2ccccc21)B1OC(C)(C)C(C)(C)O1. The molecule has 0 radical (unpaired) electrons. The van der Waals surface area contributed by atoms with E-state index in [1.807, 2.05) is 39.8 Å². The fourth-order valence-corrected chi connectivity index (χ4v) is 5.93. The van der Waals surface area contributed by atoms with Crippen molar-refractivity contribution in [2.24, 2.45) is 0 Å². The van der Waals surface area contributed by atoms with Crippen LogP contribution in [0.5, 0.6) is 0 Å². The highest BCUT2D eigenvalue weighted by molar-refractivity contribution is 6.56. The number of fused-ring (bicyclic) bond motifs is 3. The Kier molecular flexibility index (Phi) is 8.18. The van der Waals surface area contributed by atoms with Gasteiger partial charge in [-0.2, -0.15) is 0 Å². The van der Waals surface area contributed by atoms with Gasteiger partial charge in [0.05, 0.1) is 11.2 Å². The molecule has 0 unspecified atom stereocenters. The van der Waals surface area contributed by atoms with Crippen LogP contribution in [0.15, 0.2) is 66.1 Å². The molecule has 1 amide bonds. The highest BCUT2D eigenvalue weighted by Gasteiger charge is 2.52. The second kappa shape index (κ2) is 11.5. The predicted molar refractivity (Wildman–Crippen MR) is 167 cm³/mol. The average Bonchev–Trinajstić information content (AvgIpc) is 3.38. The topological polar surface area (TPSA) is 56.8 Å². The van der Waals surface area contributed by atoms with Crippen molar-refractivity contribution in [1.29, 1.82) is 0 Å². The van der Waals surface area contributed by atoms with Gasteiger partial charge in [-0.1, -0.05) is 86.2 Å². The Morgan fingerprint density at radius 3 is 1.93 bits per heavy atom. The van der Waals surface area contributed by atoms with Gasteiger partial charge < -0.3 is 19.4 Å². The zero-order valence-corrected chi connectivity index (χ0v) is 25.5. The van der Waals surface area contributed by atoms with Gasteiger partial charge in [0.1, 0.15) is 6.61 Å². The maximum atomic E-state index is 13.1. The lowest BCUT2D eigenvalue weighted by Gasteiger charge is -2.32. The lowest BCUT2D eigenvalue weighted by Crippen LogP contribution is -2.41. The van der Waals surface area contributed by atoms with E-state index in [0.717, 1.165) is 18.3 Å². The van der Waals surface area contributed by atoms with Crippen molar-refractivity contribution in [2.45, 2.75) is 78.4 Å². The number of carbonyl (C=O) groups is 1. The number of hydrogen-bond acceptors (Lipinski definition) is 4. The minimum Gasteiger partial charge on any atom is -0.449 e. The van der Waals surface area contributed by atoms with Crippen molar-refractivity contribution in [3.05, 3.63) is 99.5 Å². The van der Waals surface area contributed by atoms with Crippen LogP contribution in [0.1, 0.15) is 80.8 Å². The number of amides is 1. The summed E-state index contributed by atoms with van der Waals surface area (Å²) in [7, 11) is -0.579. The number of carbonyl (C=O) groups excluding carboxylic acids is 1. The molecule has 1 N–H and O–H groups in total. The summed E-state index contributed by atoms with van der Waals surface area (Å²) < 4.78 is 18.7. The molecule has 41 heavy (non-hydrogen) atoms. The standard InChI is InChI=1S/C35H42BNO4/c1-8-24-18-23(3)19-25(9-2)31(24)20-26(36-40-34(4,5)35(6,7)41-36)21-37-33(38)39-22-32-29-16-12-10-14-27(29)28-15-11-13-17-30(28)32/h10-20,32H,8-9,21-22H2,1-7H3,(H,37,38). The smallest absolute Gasteiger partial charge is 0.449 e. The molecule has 2 aliphatic rings.